The molecular weight excluding hydrogens is 160 g/mol. The minimum Gasteiger partial charge on any atom is -0.103 e. The third kappa shape index (κ3) is 2.08. The van der Waals surface area contributed by atoms with Crippen LogP contribution in [0.25, 0.3) is 0 Å². The summed E-state index contributed by atoms with van der Waals surface area (Å²) in [5.41, 5.74) is 2.91. The predicted molar refractivity (Wildman–Crippen MR) is 59.1 cm³/mol. The van der Waals surface area contributed by atoms with Gasteiger partial charge in [0.25, 0.3) is 0 Å². The molecule has 1 aromatic rings. The van der Waals surface area contributed by atoms with Crippen LogP contribution in [0.2, 0.25) is 6.04 Å². The molecule has 0 bridgehead atoms. The van der Waals surface area contributed by atoms with Gasteiger partial charge in [0.1, 0.15) is 0 Å². The molecule has 0 unspecified atom stereocenters. The molecule has 0 radical (unpaired) electrons. The zero-order chi connectivity index (χ0) is 8.97. The number of rotatable bonds is 3. The Balaban J connectivity index is 2.84. The monoisotopic (exact) mass is 176 g/mol. The van der Waals surface area contributed by atoms with Gasteiger partial charge in [0.15, 0.2) is 0 Å². The van der Waals surface area contributed by atoms with E-state index in [1.165, 1.54) is 17.2 Å². The summed E-state index contributed by atoms with van der Waals surface area (Å²) in [6.45, 7) is 8.17. The lowest BCUT2D eigenvalue weighted by Crippen LogP contribution is -2.17. The van der Waals surface area contributed by atoms with E-state index in [1.54, 1.807) is 5.19 Å². The molecule has 0 aromatic heterocycles. The highest BCUT2D eigenvalue weighted by Gasteiger charge is 1.98. The van der Waals surface area contributed by atoms with Crippen LogP contribution >= 0.6 is 0 Å². The lowest BCUT2D eigenvalue weighted by molar-refractivity contribution is 1.36. The molecule has 0 amide bonds. The number of allylic oxidation sites excluding steroid dienone is 1. The molecule has 0 aliphatic carbocycles. The fraction of sp³-hybridized carbons (Fsp3) is 0.273. The molecular formula is C11H16Si. The quantitative estimate of drug-likeness (QED) is 0.486. The first kappa shape index (κ1) is 9.27. The Hall–Kier alpha value is -0.823. The summed E-state index contributed by atoms with van der Waals surface area (Å²) in [6.07, 6.45) is 2.04. The first-order valence-electron chi connectivity index (χ1n) is 4.41. The molecule has 12 heavy (non-hydrogen) atoms. The Bertz CT molecular complexity index is 276. The second-order valence-electron chi connectivity index (χ2n) is 3.19. The van der Waals surface area contributed by atoms with E-state index in [4.69, 9.17) is 0 Å². The zero-order valence-electron chi connectivity index (χ0n) is 7.93. The molecule has 0 saturated carbocycles. The van der Waals surface area contributed by atoms with Crippen LogP contribution in [-0.2, 0) is 0 Å². The van der Waals surface area contributed by atoms with Gasteiger partial charge >= 0.3 is 0 Å². The summed E-state index contributed by atoms with van der Waals surface area (Å²) in [7, 11) is -0.0798. The SMILES string of the molecule is C=CC[SiH2]c1cccc(C)c1C. The Morgan fingerprint density at radius 3 is 2.83 bits per heavy atom. The molecule has 0 aliphatic heterocycles. The summed E-state index contributed by atoms with van der Waals surface area (Å²) < 4.78 is 0. The van der Waals surface area contributed by atoms with Crippen molar-refractivity contribution < 1.29 is 0 Å². The highest BCUT2D eigenvalue weighted by molar-refractivity contribution is 6.54. The van der Waals surface area contributed by atoms with Crippen molar-refractivity contribution in [1.29, 1.82) is 0 Å². The van der Waals surface area contributed by atoms with Crippen LogP contribution in [0.1, 0.15) is 11.1 Å². The summed E-state index contributed by atoms with van der Waals surface area (Å²) in [4.78, 5) is 0. The van der Waals surface area contributed by atoms with Crippen LogP contribution < -0.4 is 5.19 Å². The fourth-order valence-electron chi connectivity index (χ4n) is 1.34. The van der Waals surface area contributed by atoms with Crippen LogP contribution in [0.15, 0.2) is 30.9 Å². The van der Waals surface area contributed by atoms with E-state index < -0.39 is 0 Å². The highest BCUT2D eigenvalue weighted by atomic mass is 28.2. The molecule has 0 nitrogen and oxygen atoms in total. The maximum atomic E-state index is 3.76. The first-order chi connectivity index (χ1) is 5.75. The van der Waals surface area contributed by atoms with Crippen molar-refractivity contribution in [3.63, 3.8) is 0 Å². The molecule has 0 atom stereocenters. The second kappa shape index (κ2) is 4.26. The van der Waals surface area contributed by atoms with Gasteiger partial charge in [-0.15, -0.1) is 6.58 Å². The minimum atomic E-state index is -0.0798. The summed E-state index contributed by atoms with van der Waals surface area (Å²) in [6, 6.07) is 7.82. The Kier molecular flexibility index (Phi) is 3.29. The molecule has 0 heterocycles. The first-order valence-corrected chi connectivity index (χ1v) is 6.12. The summed E-state index contributed by atoms with van der Waals surface area (Å²) in [5, 5.41) is 1.59. The highest BCUT2D eigenvalue weighted by Crippen LogP contribution is 2.02. The van der Waals surface area contributed by atoms with Crippen molar-refractivity contribution in [2.24, 2.45) is 0 Å². The molecule has 1 aromatic carbocycles. The average Bonchev–Trinajstić information content (AvgIpc) is 2.08. The molecule has 0 saturated heterocycles. The van der Waals surface area contributed by atoms with E-state index in [0.717, 1.165) is 0 Å². The van der Waals surface area contributed by atoms with Crippen LogP contribution in [-0.4, -0.2) is 9.52 Å². The molecule has 1 heteroatoms. The van der Waals surface area contributed by atoms with Crippen molar-refractivity contribution in [1.82, 2.24) is 0 Å². The van der Waals surface area contributed by atoms with Crippen LogP contribution in [0.5, 0.6) is 0 Å². The third-order valence-corrected chi connectivity index (χ3v) is 4.34. The minimum absolute atomic E-state index is 0.0798. The van der Waals surface area contributed by atoms with Crippen molar-refractivity contribution >= 4 is 14.7 Å². The van der Waals surface area contributed by atoms with Crippen LogP contribution in [0.4, 0.5) is 0 Å². The maximum absolute atomic E-state index is 3.76. The van der Waals surface area contributed by atoms with Gasteiger partial charge in [0.2, 0.25) is 0 Å². The molecule has 64 valence electrons. The van der Waals surface area contributed by atoms with Crippen molar-refractivity contribution in [2.75, 3.05) is 0 Å². The van der Waals surface area contributed by atoms with E-state index >= 15 is 0 Å². The van der Waals surface area contributed by atoms with Gasteiger partial charge in [-0.05, 0) is 31.0 Å². The van der Waals surface area contributed by atoms with Crippen LogP contribution in [0, 0.1) is 13.8 Å². The molecule has 0 fully saturated rings. The zero-order valence-corrected chi connectivity index (χ0v) is 9.34. The summed E-state index contributed by atoms with van der Waals surface area (Å²) >= 11 is 0. The summed E-state index contributed by atoms with van der Waals surface area (Å²) in [5.74, 6) is 0. The van der Waals surface area contributed by atoms with Crippen molar-refractivity contribution in [3.05, 3.63) is 42.0 Å². The molecule has 1 rings (SSSR count). The standard InChI is InChI=1S/C11H16Si/c1-4-8-12-11-7-5-6-9(2)10(11)3/h4-7H,1,8,12H2,2-3H3. The Morgan fingerprint density at radius 1 is 1.42 bits per heavy atom. The van der Waals surface area contributed by atoms with Gasteiger partial charge in [-0.2, -0.15) is 0 Å². The molecule has 0 aliphatic rings. The van der Waals surface area contributed by atoms with E-state index in [2.05, 4.69) is 38.6 Å². The van der Waals surface area contributed by atoms with E-state index in [1.807, 2.05) is 6.08 Å². The smallest absolute Gasteiger partial charge is 0.0588 e. The van der Waals surface area contributed by atoms with Gasteiger partial charge in [-0.3, -0.25) is 0 Å². The number of benzene rings is 1. The predicted octanol–water partition coefficient (Wildman–Crippen LogP) is 1.70. The average molecular weight is 176 g/mol. The number of aryl methyl sites for hydroxylation is 1. The Morgan fingerprint density at radius 2 is 2.17 bits per heavy atom. The van der Waals surface area contributed by atoms with Gasteiger partial charge in [-0.1, -0.05) is 29.5 Å². The van der Waals surface area contributed by atoms with Crippen LogP contribution in [0.3, 0.4) is 0 Å². The topological polar surface area (TPSA) is 0 Å². The van der Waals surface area contributed by atoms with Gasteiger partial charge in [0, 0.05) is 0 Å². The molecule has 0 N–H and O–H groups in total. The largest absolute Gasteiger partial charge is 0.103 e. The second-order valence-corrected chi connectivity index (χ2v) is 5.03. The van der Waals surface area contributed by atoms with E-state index in [9.17, 15) is 0 Å². The lowest BCUT2D eigenvalue weighted by Gasteiger charge is -2.05. The third-order valence-electron chi connectivity index (χ3n) is 2.33. The lowest BCUT2D eigenvalue weighted by atomic mass is 10.1. The van der Waals surface area contributed by atoms with Gasteiger partial charge in [0.05, 0.1) is 9.52 Å². The Labute approximate surface area is 77.1 Å². The number of hydrogen-bond donors (Lipinski definition) is 0. The van der Waals surface area contributed by atoms with Crippen molar-refractivity contribution in [3.8, 4) is 0 Å². The van der Waals surface area contributed by atoms with Gasteiger partial charge < -0.3 is 0 Å². The van der Waals surface area contributed by atoms with E-state index in [-0.39, 0.29) is 9.52 Å². The molecule has 0 spiro atoms. The van der Waals surface area contributed by atoms with Gasteiger partial charge in [-0.25, -0.2) is 0 Å². The van der Waals surface area contributed by atoms with Crippen molar-refractivity contribution in [2.45, 2.75) is 19.9 Å². The fourth-order valence-corrected chi connectivity index (χ4v) is 2.81. The normalized spacial score (nSPS) is 10.8. The maximum Gasteiger partial charge on any atom is 0.0588 e. The van der Waals surface area contributed by atoms with E-state index in [0.29, 0.717) is 0 Å². The number of hydrogen-bond acceptors (Lipinski definition) is 0.